The minimum absolute atomic E-state index is 0.303. The smallest absolute Gasteiger partial charge is 0.433 e. The number of alkyl halides is 3. The highest BCUT2D eigenvalue weighted by molar-refractivity contribution is 7.15. The van der Waals surface area contributed by atoms with E-state index in [-0.39, 0.29) is 0 Å². The molecule has 3 aromatic rings. The molecule has 0 bridgehead atoms. The van der Waals surface area contributed by atoms with E-state index in [1.807, 2.05) is 54.6 Å². The molecule has 2 aromatic carbocycles. The number of aromatic nitrogens is 1. The van der Waals surface area contributed by atoms with Gasteiger partial charge in [-0.15, -0.1) is 11.3 Å². The molecule has 0 fully saturated rings. The Kier molecular flexibility index (Phi) is 7.25. The van der Waals surface area contributed by atoms with Crippen molar-refractivity contribution in [1.29, 1.82) is 0 Å². The van der Waals surface area contributed by atoms with Crippen molar-refractivity contribution >= 4 is 18.1 Å². The van der Waals surface area contributed by atoms with Crippen LogP contribution in [0.15, 0.2) is 89.3 Å². The number of ether oxygens (including phenoxy) is 1. The van der Waals surface area contributed by atoms with Gasteiger partial charge in [0, 0.05) is 22.3 Å². The summed E-state index contributed by atoms with van der Waals surface area (Å²) in [5.74, 6) is 1.47. The lowest BCUT2D eigenvalue weighted by Gasteiger charge is -2.09. The van der Waals surface area contributed by atoms with Crippen molar-refractivity contribution < 1.29 is 17.9 Å². The molecule has 0 aliphatic carbocycles. The van der Waals surface area contributed by atoms with Crippen molar-refractivity contribution in [2.45, 2.75) is 19.6 Å². The maximum atomic E-state index is 12.8. The van der Waals surface area contributed by atoms with Gasteiger partial charge >= 0.3 is 6.18 Å². The molecule has 0 amide bonds. The number of thiazole rings is 1. The lowest BCUT2D eigenvalue weighted by atomic mass is 10.2. The van der Waals surface area contributed by atoms with E-state index in [2.05, 4.69) is 22.0 Å². The van der Waals surface area contributed by atoms with Crippen LogP contribution in [0.4, 0.5) is 13.2 Å². The Morgan fingerprint density at radius 2 is 1.81 bits per heavy atom. The van der Waals surface area contributed by atoms with Crippen LogP contribution in [-0.4, -0.2) is 17.9 Å². The van der Waals surface area contributed by atoms with Gasteiger partial charge in [-0.2, -0.15) is 13.2 Å². The lowest BCUT2D eigenvalue weighted by Crippen LogP contribution is -2.15. The number of para-hydroxylation sites is 1. The summed E-state index contributed by atoms with van der Waals surface area (Å²) in [6.07, 6.45) is -0.370. The Hall–Kier alpha value is -3.39. The summed E-state index contributed by atoms with van der Waals surface area (Å²) >= 11 is 1.46. The van der Waals surface area contributed by atoms with E-state index in [1.54, 1.807) is 19.2 Å². The molecule has 0 radical (unpaired) electrons. The molecule has 1 aromatic heterocycles. The van der Waals surface area contributed by atoms with E-state index < -0.39 is 11.9 Å². The van der Waals surface area contributed by atoms with Crippen LogP contribution in [0, 0.1) is 0 Å². The van der Waals surface area contributed by atoms with Crippen molar-refractivity contribution in [2.24, 2.45) is 4.99 Å². The van der Waals surface area contributed by atoms with E-state index in [1.165, 1.54) is 11.3 Å². The molecular formula is C23H20F3N3OS. The second kappa shape index (κ2) is 10.1. The van der Waals surface area contributed by atoms with E-state index in [0.29, 0.717) is 18.0 Å². The normalized spacial score (nSPS) is 12.5. The number of nitrogens with zero attached hydrogens (tertiary/aromatic N) is 2. The predicted molar refractivity (Wildman–Crippen MR) is 118 cm³/mol. The van der Waals surface area contributed by atoms with Crippen LogP contribution in [-0.2, 0) is 6.54 Å². The van der Waals surface area contributed by atoms with Gasteiger partial charge in [-0.1, -0.05) is 24.3 Å². The van der Waals surface area contributed by atoms with Crippen molar-refractivity contribution in [2.75, 3.05) is 0 Å². The molecule has 3 rings (SSSR count). The number of aliphatic imine (C=N–C) groups is 1. The zero-order valence-corrected chi connectivity index (χ0v) is 17.5. The fourth-order valence-electron chi connectivity index (χ4n) is 2.60. The molecule has 0 atom stereocenters. The van der Waals surface area contributed by atoms with Gasteiger partial charge < -0.3 is 10.1 Å². The molecule has 0 spiro atoms. The molecule has 0 unspecified atom stereocenters. The summed E-state index contributed by atoms with van der Waals surface area (Å²) in [7, 11) is 0. The molecule has 0 saturated carbocycles. The molecule has 0 saturated heterocycles. The van der Waals surface area contributed by atoms with Crippen LogP contribution in [0.1, 0.15) is 11.8 Å². The second-order valence-electron chi connectivity index (χ2n) is 6.35. The summed E-state index contributed by atoms with van der Waals surface area (Å²) < 4.78 is 44.3. The zero-order chi connectivity index (χ0) is 22.3. The van der Waals surface area contributed by atoms with Crippen LogP contribution < -0.4 is 10.1 Å². The highest BCUT2D eigenvalue weighted by atomic mass is 32.1. The van der Waals surface area contributed by atoms with Gasteiger partial charge in [0.25, 0.3) is 0 Å². The number of hydrogen-bond acceptors (Lipinski definition) is 5. The number of benzene rings is 2. The van der Waals surface area contributed by atoms with E-state index in [9.17, 15) is 13.2 Å². The summed E-state index contributed by atoms with van der Waals surface area (Å²) in [6.45, 7) is 4.97. The van der Waals surface area contributed by atoms with E-state index in [4.69, 9.17) is 4.74 Å². The average Bonchev–Trinajstić information content (AvgIpc) is 3.23. The van der Waals surface area contributed by atoms with Crippen LogP contribution >= 0.6 is 11.3 Å². The van der Waals surface area contributed by atoms with Gasteiger partial charge in [0.05, 0.1) is 6.54 Å². The van der Waals surface area contributed by atoms with Crippen LogP contribution in [0.3, 0.4) is 0 Å². The molecular weight excluding hydrogens is 423 g/mol. The van der Waals surface area contributed by atoms with Crippen LogP contribution in [0.25, 0.3) is 10.6 Å². The number of allylic oxidation sites excluding steroid dienone is 3. The Morgan fingerprint density at radius 3 is 2.42 bits per heavy atom. The monoisotopic (exact) mass is 443 g/mol. The number of halogens is 3. The highest BCUT2D eigenvalue weighted by Crippen LogP contribution is 2.29. The molecule has 31 heavy (non-hydrogen) atoms. The summed E-state index contributed by atoms with van der Waals surface area (Å²) in [5.41, 5.74) is 0.186. The maximum Gasteiger partial charge on any atom is 0.433 e. The van der Waals surface area contributed by atoms with Crippen LogP contribution in [0.2, 0.25) is 0 Å². The molecule has 0 aliphatic heterocycles. The topological polar surface area (TPSA) is 46.5 Å². The Morgan fingerprint density at radius 1 is 1.13 bits per heavy atom. The third-order valence-electron chi connectivity index (χ3n) is 4.16. The van der Waals surface area contributed by atoms with Crippen molar-refractivity contribution in [3.8, 4) is 22.1 Å². The first-order valence-electron chi connectivity index (χ1n) is 9.33. The van der Waals surface area contributed by atoms with E-state index >= 15 is 0 Å². The van der Waals surface area contributed by atoms with Gasteiger partial charge in [-0.25, -0.2) is 4.98 Å². The van der Waals surface area contributed by atoms with E-state index in [0.717, 1.165) is 27.3 Å². The van der Waals surface area contributed by atoms with Crippen molar-refractivity contribution in [1.82, 2.24) is 10.3 Å². The number of nitrogens with one attached hydrogen (secondary N) is 1. The quantitative estimate of drug-likeness (QED) is 0.310. The molecule has 160 valence electrons. The van der Waals surface area contributed by atoms with Crippen molar-refractivity contribution in [3.05, 3.63) is 89.2 Å². The maximum absolute atomic E-state index is 12.8. The lowest BCUT2D eigenvalue weighted by molar-refractivity contribution is -0.0922. The first-order chi connectivity index (χ1) is 14.9. The molecule has 1 heterocycles. The fraction of sp³-hybridized carbons (Fsp3) is 0.130. The molecule has 0 aliphatic rings. The van der Waals surface area contributed by atoms with Crippen molar-refractivity contribution in [3.63, 3.8) is 0 Å². The molecule has 8 heteroatoms. The van der Waals surface area contributed by atoms with Gasteiger partial charge in [-0.05, 0) is 56.1 Å². The van der Waals surface area contributed by atoms with Gasteiger partial charge in [0.2, 0.25) is 0 Å². The second-order valence-corrected chi connectivity index (χ2v) is 7.47. The number of hydrogen-bond donors (Lipinski definition) is 1. The standard InChI is InChI=1S/C23H20F3N3OS/c1-3-17(13-21(27-2)23(24,25)26)28-14-20-15-29-22(31-20)16-9-11-19(12-10-16)30-18-7-5-4-6-8-18/h3-13,15,28H,2,14H2,1H3/b17-3+,21-13-. The first-order valence-corrected chi connectivity index (χ1v) is 10.1. The number of rotatable bonds is 8. The average molecular weight is 443 g/mol. The predicted octanol–water partition coefficient (Wildman–Crippen LogP) is 6.74. The van der Waals surface area contributed by atoms with Gasteiger partial charge in [-0.3, -0.25) is 4.99 Å². The molecule has 1 N–H and O–H groups in total. The third kappa shape index (κ3) is 6.29. The first kappa shape index (κ1) is 22.3. The third-order valence-corrected chi connectivity index (χ3v) is 5.21. The zero-order valence-electron chi connectivity index (χ0n) is 16.7. The Labute approximate surface area is 182 Å². The minimum atomic E-state index is -4.55. The highest BCUT2D eigenvalue weighted by Gasteiger charge is 2.33. The Balaban J connectivity index is 1.63. The summed E-state index contributed by atoms with van der Waals surface area (Å²) in [4.78, 5) is 8.36. The minimum Gasteiger partial charge on any atom is -0.457 e. The van der Waals surface area contributed by atoms with Gasteiger partial charge in [0.15, 0.2) is 0 Å². The largest absolute Gasteiger partial charge is 0.457 e. The fourth-order valence-corrected chi connectivity index (χ4v) is 3.46. The molecule has 4 nitrogen and oxygen atoms in total. The van der Waals surface area contributed by atoms with Gasteiger partial charge in [0.1, 0.15) is 22.2 Å². The summed E-state index contributed by atoms with van der Waals surface area (Å²) in [6, 6.07) is 17.1. The SMILES string of the molecule is C=N/C(=C\C(=C/C)NCc1cnc(-c2ccc(Oc3ccccc3)cc2)s1)C(F)(F)F. The van der Waals surface area contributed by atoms with Crippen LogP contribution in [0.5, 0.6) is 11.5 Å². The Bertz CT molecular complexity index is 1070. The summed E-state index contributed by atoms with van der Waals surface area (Å²) in [5, 5.41) is 3.78.